The molecule has 2 unspecified atom stereocenters. The van der Waals surface area contributed by atoms with Gasteiger partial charge >= 0.3 is 0 Å². The molecule has 0 saturated carbocycles. The van der Waals surface area contributed by atoms with Crippen molar-refractivity contribution in [2.45, 2.75) is 37.6 Å². The molecule has 3 aromatic rings. The average Bonchev–Trinajstić information content (AvgIpc) is 3.39. The van der Waals surface area contributed by atoms with Crippen molar-refractivity contribution >= 4 is 5.91 Å². The van der Waals surface area contributed by atoms with Crippen LogP contribution in [0.25, 0.3) is 5.82 Å². The summed E-state index contributed by atoms with van der Waals surface area (Å²) >= 11 is 0. The highest BCUT2D eigenvalue weighted by atomic mass is 16.2. The van der Waals surface area contributed by atoms with Gasteiger partial charge in [-0.15, -0.1) is 0 Å². The number of fused-ring (bicyclic) bond motifs is 3. The summed E-state index contributed by atoms with van der Waals surface area (Å²) in [6, 6.07) is 3.84. The smallest absolute Gasteiger partial charge is 0.255 e. The van der Waals surface area contributed by atoms with E-state index in [-0.39, 0.29) is 11.9 Å². The molecule has 0 spiro atoms. The second-order valence-electron chi connectivity index (χ2n) is 6.86. The van der Waals surface area contributed by atoms with Crippen LogP contribution < -0.4 is 0 Å². The number of likely N-dealkylation sites (tertiary alicyclic amines) is 1. The van der Waals surface area contributed by atoms with Crippen molar-refractivity contribution in [1.29, 1.82) is 0 Å². The quantitative estimate of drug-likeness (QED) is 0.760. The van der Waals surface area contributed by atoms with E-state index in [4.69, 9.17) is 0 Å². The van der Waals surface area contributed by atoms with E-state index in [9.17, 15) is 4.79 Å². The molecule has 2 aliphatic rings. The fourth-order valence-electron chi connectivity index (χ4n) is 4.27. The Morgan fingerprint density at radius 1 is 1.23 bits per heavy atom. The Bertz CT molecular complexity index is 915. The largest absolute Gasteiger partial charge is 0.348 e. The van der Waals surface area contributed by atoms with Crippen LogP contribution in [-0.4, -0.2) is 53.1 Å². The lowest BCUT2D eigenvalue weighted by atomic mass is 9.78. The van der Waals surface area contributed by atoms with Gasteiger partial charge in [-0.2, -0.15) is 5.10 Å². The number of nitrogens with one attached hydrogen (secondary N) is 1. The SMILES string of the molecule is O=C(c1ccc(-n2cncn2)nc1)N1CCCC2c3nc[nH]c3CCC21. The van der Waals surface area contributed by atoms with Crippen LogP contribution in [-0.2, 0) is 6.42 Å². The molecule has 1 aliphatic carbocycles. The summed E-state index contributed by atoms with van der Waals surface area (Å²) in [6.07, 6.45) is 10.5. The van der Waals surface area contributed by atoms with Gasteiger partial charge in [-0.1, -0.05) is 0 Å². The van der Waals surface area contributed by atoms with Crippen molar-refractivity contribution in [1.82, 2.24) is 34.6 Å². The highest BCUT2D eigenvalue weighted by Gasteiger charge is 2.40. The van der Waals surface area contributed by atoms with E-state index in [0.29, 0.717) is 17.3 Å². The summed E-state index contributed by atoms with van der Waals surface area (Å²) in [5.41, 5.74) is 3.00. The summed E-state index contributed by atoms with van der Waals surface area (Å²) in [4.78, 5) is 31.2. The molecule has 3 aromatic heterocycles. The van der Waals surface area contributed by atoms with Crippen LogP contribution >= 0.6 is 0 Å². The number of rotatable bonds is 2. The third-order valence-corrected chi connectivity index (χ3v) is 5.48. The molecule has 8 heteroatoms. The lowest BCUT2D eigenvalue weighted by molar-refractivity contribution is 0.0542. The van der Waals surface area contributed by atoms with Crippen LogP contribution in [0.1, 0.15) is 46.9 Å². The number of carbonyl (C=O) groups excluding carboxylic acids is 1. The molecule has 0 radical (unpaired) electrons. The number of imidazole rings is 1. The first-order valence-corrected chi connectivity index (χ1v) is 8.95. The summed E-state index contributed by atoms with van der Waals surface area (Å²) in [5.74, 6) is 1.04. The van der Waals surface area contributed by atoms with E-state index in [1.807, 2.05) is 11.0 Å². The zero-order valence-electron chi connectivity index (χ0n) is 14.2. The van der Waals surface area contributed by atoms with Crippen LogP contribution in [0.5, 0.6) is 0 Å². The first-order valence-electron chi connectivity index (χ1n) is 8.95. The molecular formula is C18H19N7O. The van der Waals surface area contributed by atoms with Gasteiger partial charge in [0, 0.05) is 30.4 Å². The Balaban J connectivity index is 1.40. The highest BCUT2D eigenvalue weighted by molar-refractivity contribution is 5.94. The molecule has 1 saturated heterocycles. The van der Waals surface area contributed by atoms with E-state index in [0.717, 1.165) is 37.9 Å². The van der Waals surface area contributed by atoms with Crippen LogP contribution in [0, 0.1) is 0 Å². The Labute approximate surface area is 150 Å². The number of amides is 1. The van der Waals surface area contributed by atoms with E-state index in [1.54, 1.807) is 29.6 Å². The minimum Gasteiger partial charge on any atom is -0.348 e. The van der Waals surface area contributed by atoms with Gasteiger partial charge in [0.15, 0.2) is 5.82 Å². The second-order valence-corrected chi connectivity index (χ2v) is 6.86. The maximum atomic E-state index is 13.1. The number of piperidine rings is 1. The molecule has 1 amide bonds. The molecule has 132 valence electrons. The Morgan fingerprint density at radius 3 is 3.00 bits per heavy atom. The number of hydrogen-bond acceptors (Lipinski definition) is 5. The molecule has 26 heavy (non-hydrogen) atoms. The lowest BCUT2D eigenvalue weighted by Gasteiger charge is -2.43. The van der Waals surface area contributed by atoms with Gasteiger partial charge in [0.05, 0.1) is 17.6 Å². The van der Waals surface area contributed by atoms with E-state index in [2.05, 4.69) is 25.0 Å². The van der Waals surface area contributed by atoms with Gasteiger partial charge in [-0.05, 0) is 37.8 Å². The third kappa shape index (κ3) is 2.40. The molecule has 0 aromatic carbocycles. The fraction of sp³-hybridized carbons (Fsp3) is 0.389. The van der Waals surface area contributed by atoms with Crippen LogP contribution in [0.15, 0.2) is 37.3 Å². The standard InChI is InChI=1S/C18H19N7O/c26-18(12-3-6-16(20-8-12)25-11-19-9-23-25)24-7-1-2-13-15(24)5-4-14-17(13)22-10-21-14/h3,6,8-11,13,15H,1-2,4-5,7H2,(H,21,22). The molecule has 0 bridgehead atoms. The van der Waals surface area contributed by atoms with Crippen molar-refractivity contribution in [2.24, 2.45) is 0 Å². The van der Waals surface area contributed by atoms with Gasteiger partial charge in [0.2, 0.25) is 0 Å². The third-order valence-electron chi connectivity index (χ3n) is 5.48. The number of pyridine rings is 1. The maximum Gasteiger partial charge on any atom is 0.255 e. The van der Waals surface area contributed by atoms with Crippen LogP contribution in [0.2, 0.25) is 0 Å². The molecule has 1 N–H and O–H groups in total. The number of carbonyl (C=O) groups is 1. The average molecular weight is 349 g/mol. The van der Waals surface area contributed by atoms with Gasteiger partial charge < -0.3 is 9.88 Å². The van der Waals surface area contributed by atoms with Crippen molar-refractivity contribution in [3.05, 3.63) is 54.3 Å². The predicted octanol–water partition coefficient (Wildman–Crippen LogP) is 1.72. The number of aromatic nitrogens is 6. The number of hydrogen-bond donors (Lipinski definition) is 1. The molecule has 1 fully saturated rings. The zero-order valence-corrected chi connectivity index (χ0v) is 14.2. The minimum absolute atomic E-state index is 0.0522. The number of nitrogens with zero attached hydrogens (tertiary/aromatic N) is 6. The first kappa shape index (κ1) is 15.2. The molecule has 8 nitrogen and oxygen atoms in total. The molecule has 1 aliphatic heterocycles. The number of aryl methyl sites for hydroxylation is 1. The fourth-order valence-corrected chi connectivity index (χ4v) is 4.27. The second kappa shape index (κ2) is 6.05. The Kier molecular flexibility index (Phi) is 3.55. The first-order chi connectivity index (χ1) is 12.8. The number of aromatic amines is 1. The maximum absolute atomic E-state index is 13.1. The summed E-state index contributed by atoms with van der Waals surface area (Å²) in [5, 5.41) is 4.06. The topological polar surface area (TPSA) is 92.6 Å². The Hall–Kier alpha value is -3.03. The van der Waals surface area contributed by atoms with E-state index in [1.165, 1.54) is 12.0 Å². The molecular weight excluding hydrogens is 330 g/mol. The van der Waals surface area contributed by atoms with Gasteiger partial charge in [0.1, 0.15) is 12.7 Å². The van der Waals surface area contributed by atoms with Gasteiger partial charge in [0.25, 0.3) is 5.91 Å². The summed E-state index contributed by atoms with van der Waals surface area (Å²) in [7, 11) is 0. The zero-order chi connectivity index (χ0) is 17.5. The Morgan fingerprint density at radius 2 is 2.19 bits per heavy atom. The van der Waals surface area contributed by atoms with Crippen LogP contribution in [0.4, 0.5) is 0 Å². The van der Waals surface area contributed by atoms with Crippen molar-refractivity contribution in [3.8, 4) is 5.82 Å². The van der Waals surface area contributed by atoms with Gasteiger partial charge in [-0.25, -0.2) is 19.6 Å². The van der Waals surface area contributed by atoms with Crippen molar-refractivity contribution in [3.63, 3.8) is 0 Å². The van der Waals surface area contributed by atoms with Gasteiger partial charge in [-0.3, -0.25) is 4.79 Å². The highest BCUT2D eigenvalue weighted by Crippen LogP contribution is 2.39. The monoisotopic (exact) mass is 349 g/mol. The molecule has 5 rings (SSSR count). The van der Waals surface area contributed by atoms with Crippen molar-refractivity contribution < 1.29 is 4.79 Å². The van der Waals surface area contributed by atoms with E-state index >= 15 is 0 Å². The van der Waals surface area contributed by atoms with Crippen LogP contribution in [0.3, 0.4) is 0 Å². The lowest BCUT2D eigenvalue weighted by Crippen LogP contribution is -2.49. The summed E-state index contributed by atoms with van der Waals surface area (Å²) in [6.45, 7) is 0.796. The predicted molar refractivity (Wildman–Crippen MR) is 92.9 cm³/mol. The minimum atomic E-state index is 0.0522. The van der Waals surface area contributed by atoms with Crippen molar-refractivity contribution in [2.75, 3.05) is 6.54 Å². The number of H-pyrrole nitrogens is 1. The van der Waals surface area contributed by atoms with E-state index < -0.39 is 0 Å². The molecule has 2 atom stereocenters. The normalized spacial score (nSPS) is 21.9. The molecule has 4 heterocycles. The summed E-state index contributed by atoms with van der Waals surface area (Å²) < 4.78 is 1.57.